The van der Waals surface area contributed by atoms with Crippen LogP contribution < -0.4 is 5.73 Å². The van der Waals surface area contributed by atoms with Crippen LogP contribution in [-0.2, 0) is 10.9 Å². The lowest BCUT2D eigenvalue weighted by atomic mass is 10.0. The van der Waals surface area contributed by atoms with Crippen molar-refractivity contribution < 1.29 is 22.7 Å². The molecule has 20 heavy (non-hydrogen) atoms. The second-order valence-corrected chi connectivity index (χ2v) is 4.56. The Morgan fingerprint density at radius 2 is 1.95 bits per heavy atom. The fourth-order valence-electron chi connectivity index (χ4n) is 2.10. The molecule has 1 unspecified atom stereocenters. The zero-order valence-electron chi connectivity index (χ0n) is 10.7. The lowest BCUT2D eigenvalue weighted by molar-refractivity contribution is -0.137. The number of nitrogens with two attached hydrogens (primary N) is 1. The van der Waals surface area contributed by atoms with Gasteiger partial charge in [0.1, 0.15) is 6.10 Å². The van der Waals surface area contributed by atoms with Crippen LogP contribution >= 0.6 is 0 Å². The predicted octanol–water partition coefficient (Wildman–Crippen LogP) is 2.55. The zero-order chi connectivity index (χ0) is 14.8. The minimum absolute atomic E-state index is 0.347. The van der Waals surface area contributed by atoms with Gasteiger partial charge in [-0.1, -0.05) is 12.1 Å². The highest BCUT2D eigenvalue weighted by Crippen LogP contribution is 2.32. The van der Waals surface area contributed by atoms with E-state index in [1.165, 1.54) is 17.0 Å². The first kappa shape index (κ1) is 14.6. The fourth-order valence-corrected chi connectivity index (χ4v) is 2.10. The monoisotopic (exact) mass is 288 g/mol. The van der Waals surface area contributed by atoms with Crippen LogP contribution in [0.5, 0.6) is 0 Å². The van der Waals surface area contributed by atoms with Crippen LogP contribution in [0.3, 0.4) is 0 Å². The van der Waals surface area contributed by atoms with Crippen molar-refractivity contribution in [3.8, 4) is 0 Å². The normalized spacial score (nSPS) is 19.9. The Labute approximate surface area is 114 Å². The van der Waals surface area contributed by atoms with E-state index in [1.54, 1.807) is 0 Å². The third-order valence-electron chi connectivity index (χ3n) is 3.17. The summed E-state index contributed by atoms with van der Waals surface area (Å²) in [6.45, 7) is 1.25. The molecule has 1 aromatic rings. The minimum Gasteiger partial charge on any atom is -0.441 e. The molecular formula is C13H15F3N2O2. The maximum absolute atomic E-state index is 12.5. The van der Waals surface area contributed by atoms with Gasteiger partial charge in [-0.2, -0.15) is 13.2 Å². The van der Waals surface area contributed by atoms with Gasteiger partial charge in [0.25, 0.3) is 0 Å². The summed E-state index contributed by atoms with van der Waals surface area (Å²) in [4.78, 5) is 13.1. The van der Waals surface area contributed by atoms with E-state index in [4.69, 9.17) is 10.5 Å². The number of benzene rings is 1. The number of carbonyl (C=O) groups excluding carboxylic acids is 1. The predicted molar refractivity (Wildman–Crippen MR) is 65.9 cm³/mol. The number of cyclic esters (lactones) is 1. The number of hydrogen-bond acceptors (Lipinski definition) is 3. The van der Waals surface area contributed by atoms with Crippen molar-refractivity contribution in [2.45, 2.75) is 18.7 Å². The molecule has 1 fully saturated rings. The number of halogens is 3. The highest BCUT2D eigenvalue weighted by atomic mass is 19.4. The van der Waals surface area contributed by atoms with Crippen molar-refractivity contribution in [1.82, 2.24) is 4.90 Å². The quantitative estimate of drug-likeness (QED) is 0.930. The van der Waals surface area contributed by atoms with Gasteiger partial charge in [-0.15, -0.1) is 0 Å². The molecule has 2 rings (SSSR count). The Hall–Kier alpha value is -1.76. The summed E-state index contributed by atoms with van der Waals surface area (Å²) in [5.74, 6) is 0. The SMILES string of the molecule is NCCN1CCC(c2ccc(C(F)(F)F)cc2)OC1=O. The van der Waals surface area contributed by atoms with Gasteiger partial charge in [0.05, 0.1) is 5.56 Å². The van der Waals surface area contributed by atoms with Crippen LogP contribution in [-0.4, -0.2) is 30.6 Å². The van der Waals surface area contributed by atoms with Gasteiger partial charge < -0.3 is 15.4 Å². The van der Waals surface area contributed by atoms with Crippen molar-refractivity contribution in [2.24, 2.45) is 5.73 Å². The maximum atomic E-state index is 12.5. The number of amides is 1. The second kappa shape index (κ2) is 5.70. The first-order valence-corrected chi connectivity index (χ1v) is 6.24. The van der Waals surface area contributed by atoms with E-state index >= 15 is 0 Å². The molecule has 1 saturated heterocycles. The van der Waals surface area contributed by atoms with Crippen LogP contribution in [0.25, 0.3) is 0 Å². The summed E-state index contributed by atoms with van der Waals surface area (Å²) >= 11 is 0. The van der Waals surface area contributed by atoms with E-state index in [0.717, 1.165) is 12.1 Å². The van der Waals surface area contributed by atoms with Gasteiger partial charge in [0.15, 0.2) is 0 Å². The van der Waals surface area contributed by atoms with E-state index < -0.39 is 23.9 Å². The van der Waals surface area contributed by atoms with E-state index in [1.807, 2.05) is 0 Å². The second-order valence-electron chi connectivity index (χ2n) is 4.56. The van der Waals surface area contributed by atoms with Gasteiger partial charge in [-0.25, -0.2) is 4.79 Å². The molecule has 110 valence electrons. The van der Waals surface area contributed by atoms with Crippen LogP contribution in [0.1, 0.15) is 23.7 Å². The Morgan fingerprint density at radius 3 is 2.45 bits per heavy atom. The Kier molecular flexibility index (Phi) is 4.17. The number of alkyl halides is 3. The molecule has 0 aromatic heterocycles. The molecule has 1 atom stereocenters. The molecule has 1 aromatic carbocycles. The molecule has 0 bridgehead atoms. The van der Waals surface area contributed by atoms with Gasteiger partial charge in [-0.3, -0.25) is 0 Å². The van der Waals surface area contributed by atoms with Gasteiger partial charge in [0.2, 0.25) is 0 Å². The Morgan fingerprint density at radius 1 is 1.30 bits per heavy atom. The van der Waals surface area contributed by atoms with Crippen molar-refractivity contribution in [2.75, 3.05) is 19.6 Å². The summed E-state index contributed by atoms with van der Waals surface area (Å²) < 4.78 is 42.6. The van der Waals surface area contributed by atoms with E-state index in [2.05, 4.69) is 0 Å². The summed E-state index contributed by atoms with van der Waals surface area (Å²) in [6, 6.07) is 4.68. The highest BCUT2D eigenvalue weighted by molar-refractivity contribution is 5.68. The molecule has 1 heterocycles. The molecule has 1 aliphatic heterocycles. The number of ether oxygens (including phenoxy) is 1. The first-order valence-electron chi connectivity index (χ1n) is 6.24. The smallest absolute Gasteiger partial charge is 0.416 e. The Balaban J connectivity index is 2.05. The van der Waals surface area contributed by atoms with Gasteiger partial charge in [0, 0.05) is 26.1 Å². The zero-order valence-corrected chi connectivity index (χ0v) is 10.7. The van der Waals surface area contributed by atoms with Crippen molar-refractivity contribution in [3.63, 3.8) is 0 Å². The topological polar surface area (TPSA) is 55.6 Å². The number of hydrogen-bond donors (Lipinski definition) is 1. The lowest BCUT2D eigenvalue weighted by Crippen LogP contribution is -2.41. The molecule has 7 heteroatoms. The van der Waals surface area contributed by atoms with Crippen molar-refractivity contribution in [3.05, 3.63) is 35.4 Å². The van der Waals surface area contributed by atoms with Crippen LogP contribution in [0.2, 0.25) is 0 Å². The van der Waals surface area contributed by atoms with E-state index in [-0.39, 0.29) is 0 Å². The minimum atomic E-state index is -4.36. The van der Waals surface area contributed by atoms with Crippen LogP contribution in [0.15, 0.2) is 24.3 Å². The third kappa shape index (κ3) is 3.22. The molecule has 0 radical (unpaired) electrons. The average Bonchev–Trinajstić information content (AvgIpc) is 2.40. The summed E-state index contributed by atoms with van der Waals surface area (Å²) in [7, 11) is 0. The molecule has 4 nitrogen and oxygen atoms in total. The maximum Gasteiger partial charge on any atom is 0.416 e. The van der Waals surface area contributed by atoms with E-state index in [0.29, 0.717) is 31.6 Å². The van der Waals surface area contributed by atoms with Crippen LogP contribution in [0.4, 0.5) is 18.0 Å². The van der Waals surface area contributed by atoms with Crippen molar-refractivity contribution >= 4 is 6.09 Å². The molecule has 0 saturated carbocycles. The molecule has 2 N–H and O–H groups in total. The molecule has 0 aliphatic carbocycles. The molecular weight excluding hydrogens is 273 g/mol. The average molecular weight is 288 g/mol. The number of nitrogens with zero attached hydrogens (tertiary/aromatic N) is 1. The van der Waals surface area contributed by atoms with Gasteiger partial charge >= 0.3 is 12.3 Å². The van der Waals surface area contributed by atoms with Gasteiger partial charge in [-0.05, 0) is 17.7 Å². The summed E-state index contributed by atoms with van der Waals surface area (Å²) in [6.07, 6.45) is -4.80. The number of rotatable bonds is 3. The molecule has 1 aliphatic rings. The lowest BCUT2D eigenvalue weighted by Gasteiger charge is -2.31. The molecule has 0 spiro atoms. The van der Waals surface area contributed by atoms with Crippen molar-refractivity contribution in [1.29, 1.82) is 0 Å². The largest absolute Gasteiger partial charge is 0.441 e. The first-order chi connectivity index (χ1) is 9.41. The Bertz CT molecular complexity index is 473. The summed E-state index contributed by atoms with van der Waals surface area (Å²) in [5, 5.41) is 0. The fraction of sp³-hybridized carbons (Fsp3) is 0.462. The highest BCUT2D eigenvalue weighted by Gasteiger charge is 2.31. The van der Waals surface area contributed by atoms with E-state index in [9.17, 15) is 18.0 Å². The molecule has 1 amide bonds. The standard InChI is InChI=1S/C13H15F3N2O2/c14-13(15,16)10-3-1-9(2-4-10)11-5-7-18(8-6-17)12(19)20-11/h1-4,11H,5-8,17H2. The van der Waals surface area contributed by atoms with Crippen LogP contribution in [0, 0.1) is 0 Å². The third-order valence-corrected chi connectivity index (χ3v) is 3.17. The summed E-state index contributed by atoms with van der Waals surface area (Å²) in [5.41, 5.74) is 5.22. The number of carbonyl (C=O) groups is 1.